The van der Waals surface area contributed by atoms with Gasteiger partial charge >= 0.3 is 12.2 Å². The second kappa shape index (κ2) is 10.0. The first-order valence-corrected chi connectivity index (χ1v) is 14.3. The van der Waals surface area contributed by atoms with E-state index < -0.39 is 17.3 Å². The number of β-amino-alcohol motifs (C(OH)–C–C–N with tert-alkyl or cyclic N) is 1. The lowest BCUT2D eigenvalue weighted by Gasteiger charge is -2.40. The van der Waals surface area contributed by atoms with E-state index in [2.05, 4.69) is 20.0 Å². The Bertz CT molecular complexity index is 1450. The molecule has 1 atom stereocenters. The van der Waals surface area contributed by atoms with Gasteiger partial charge < -0.3 is 24.5 Å². The highest BCUT2D eigenvalue weighted by atomic mass is 19.4. The van der Waals surface area contributed by atoms with Crippen LogP contribution in [0.5, 0.6) is 6.01 Å². The summed E-state index contributed by atoms with van der Waals surface area (Å²) in [4.78, 5) is 15.6. The maximum Gasteiger partial charge on any atom is 0.418 e. The quantitative estimate of drug-likeness (QED) is 0.432. The standard InChI is InChI=1S/C29H38F3N7O2/c1-18-12-21-20(13-33-36-21)24(23(18)29(30,31)32)38-11-6-19-22(14-38)34-26(41-17-28(8-9-28)16-37(3)4)35-25(19)39-10-5-7-27(2,40)15-39/h12-13,40H,5-11,14-17H2,1-4H3,(H,33,36)/t27-/m1/s1. The minimum absolute atomic E-state index is 0.0693. The number of hydrogen-bond donors (Lipinski definition) is 2. The molecule has 3 aromatic rings. The van der Waals surface area contributed by atoms with Crippen molar-refractivity contribution in [2.24, 2.45) is 5.41 Å². The number of rotatable bonds is 7. The van der Waals surface area contributed by atoms with Gasteiger partial charge in [0.25, 0.3) is 0 Å². The largest absolute Gasteiger partial charge is 0.463 e. The Morgan fingerprint density at radius 2 is 1.93 bits per heavy atom. The third kappa shape index (κ3) is 5.55. The molecule has 2 N–H and O–H groups in total. The Hall–Kier alpha value is -3.12. The fraction of sp³-hybridized carbons (Fsp3) is 0.621. The predicted octanol–water partition coefficient (Wildman–Crippen LogP) is 4.31. The van der Waals surface area contributed by atoms with E-state index in [1.54, 1.807) is 4.90 Å². The lowest BCUT2D eigenvalue weighted by atomic mass is 9.94. The van der Waals surface area contributed by atoms with Gasteiger partial charge in [0.15, 0.2) is 0 Å². The molecule has 0 bridgehead atoms. The van der Waals surface area contributed by atoms with E-state index in [1.165, 1.54) is 19.2 Å². The highest BCUT2D eigenvalue weighted by Crippen LogP contribution is 2.47. The molecule has 41 heavy (non-hydrogen) atoms. The molecule has 0 amide bonds. The summed E-state index contributed by atoms with van der Waals surface area (Å²) in [5.74, 6) is 0.718. The molecule has 1 aromatic carbocycles. The van der Waals surface area contributed by atoms with Crippen LogP contribution in [0.25, 0.3) is 10.9 Å². The zero-order valence-electron chi connectivity index (χ0n) is 24.1. The molecular formula is C29H38F3N7O2. The molecule has 0 radical (unpaired) electrons. The average molecular weight is 574 g/mol. The Kier molecular flexibility index (Phi) is 6.84. The number of nitrogens with one attached hydrogen (secondary N) is 1. The molecule has 1 saturated carbocycles. The highest BCUT2D eigenvalue weighted by Gasteiger charge is 2.44. The van der Waals surface area contributed by atoms with Gasteiger partial charge in [-0.25, -0.2) is 0 Å². The summed E-state index contributed by atoms with van der Waals surface area (Å²) in [5.41, 5.74) is 0.974. The van der Waals surface area contributed by atoms with Crippen LogP contribution in [0.1, 0.15) is 55.0 Å². The lowest BCUT2D eigenvalue weighted by Crippen LogP contribution is -2.47. The van der Waals surface area contributed by atoms with Crippen molar-refractivity contribution in [1.82, 2.24) is 25.1 Å². The van der Waals surface area contributed by atoms with Gasteiger partial charge in [0.2, 0.25) is 0 Å². The van der Waals surface area contributed by atoms with Crippen LogP contribution in [-0.4, -0.2) is 82.7 Å². The summed E-state index contributed by atoms with van der Waals surface area (Å²) in [6, 6.07) is 1.74. The molecule has 0 spiro atoms. The van der Waals surface area contributed by atoms with Gasteiger partial charge in [-0.05, 0) is 71.7 Å². The van der Waals surface area contributed by atoms with E-state index in [9.17, 15) is 18.3 Å². The molecule has 9 nitrogen and oxygen atoms in total. The summed E-state index contributed by atoms with van der Waals surface area (Å²) < 4.78 is 49.5. The first kappa shape index (κ1) is 28.0. The van der Waals surface area contributed by atoms with Crippen LogP contribution in [0.4, 0.5) is 24.7 Å². The van der Waals surface area contributed by atoms with E-state index in [-0.39, 0.29) is 29.2 Å². The monoisotopic (exact) mass is 573 g/mol. The summed E-state index contributed by atoms with van der Waals surface area (Å²) >= 11 is 0. The van der Waals surface area contributed by atoms with E-state index in [0.717, 1.165) is 43.7 Å². The number of aromatic amines is 1. The second-order valence-corrected chi connectivity index (χ2v) is 12.7. The normalized spacial score (nSPS) is 22.4. The van der Waals surface area contributed by atoms with Crippen LogP contribution in [0.15, 0.2) is 12.3 Å². The first-order valence-electron chi connectivity index (χ1n) is 14.3. The van der Waals surface area contributed by atoms with E-state index >= 15 is 0 Å². The van der Waals surface area contributed by atoms with Crippen molar-refractivity contribution in [3.8, 4) is 6.01 Å². The minimum atomic E-state index is -4.53. The van der Waals surface area contributed by atoms with Crippen LogP contribution in [0.3, 0.4) is 0 Å². The van der Waals surface area contributed by atoms with Crippen LogP contribution in [0.2, 0.25) is 0 Å². The van der Waals surface area contributed by atoms with Crippen molar-refractivity contribution < 1.29 is 23.0 Å². The summed E-state index contributed by atoms with van der Waals surface area (Å²) in [5, 5.41) is 18.2. The van der Waals surface area contributed by atoms with E-state index in [1.807, 2.05) is 21.0 Å². The zero-order chi connectivity index (χ0) is 29.2. The molecule has 2 aromatic heterocycles. The van der Waals surface area contributed by atoms with Gasteiger partial charge in [0.1, 0.15) is 5.82 Å². The maximum atomic E-state index is 14.4. The first-order chi connectivity index (χ1) is 19.3. The number of aliphatic hydroxyl groups is 1. The number of piperidine rings is 1. The molecule has 6 rings (SSSR count). The predicted molar refractivity (Wildman–Crippen MR) is 150 cm³/mol. The highest BCUT2D eigenvalue weighted by molar-refractivity contribution is 5.95. The summed E-state index contributed by atoms with van der Waals surface area (Å²) in [7, 11) is 4.09. The van der Waals surface area contributed by atoms with E-state index in [4.69, 9.17) is 14.7 Å². The second-order valence-electron chi connectivity index (χ2n) is 12.7. The number of ether oxygens (including phenoxy) is 1. The molecule has 12 heteroatoms. The smallest absolute Gasteiger partial charge is 0.418 e. The van der Waals surface area contributed by atoms with Gasteiger partial charge in [-0.15, -0.1) is 0 Å². The van der Waals surface area contributed by atoms with Crippen LogP contribution in [-0.2, 0) is 19.1 Å². The Morgan fingerprint density at radius 1 is 1.15 bits per heavy atom. The molecule has 1 aliphatic carbocycles. The number of H-pyrrole nitrogens is 1. The molecule has 0 unspecified atom stereocenters. The van der Waals surface area contributed by atoms with Crippen molar-refractivity contribution in [3.05, 3.63) is 34.6 Å². The number of alkyl halides is 3. The molecule has 1 saturated heterocycles. The van der Waals surface area contributed by atoms with Gasteiger partial charge in [-0.2, -0.15) is 28.2 Å². The van der Waals surface area contributed by atoms with Crippen molar-refractivity contribution >= 4 is 22.4 Å². The third-order valence-electron chi connectivity index (χ3n) is 8.63. The minimum Gasteiger partial charge on any atom is -0.463 e. The molecule has 222 valence electrons. The van der Waals surface area contributed by atoms with Crippen molar-refractivity contribution in [2.45, 2.75) is 64.3 Å². The van der Waals surface area contributed by atoms with Gasteiger partial charge in [-0.3, -0.25) is 5.10 Å². The average Bonchev–Trinajstić information content (AvgIpc) is 3.48. The summed E-state index contributed by atoms with van der Waals surface area (Å²) in [6.07, 6.45) is 1.07. The molecule has 4 heterocycles. The summed E-state index contributed by atoms with van der Waals surface area (Å²) in [6.45, 7) is 6.41. The van der Waals surface area contributed by atoms with Crippen molar-refractivity contribution in [2.75, 3.05) is 56.7 Å². The molecule has 2 aliphatic heterocycles. The molecule has 3 aliphatic rings. The molecule has 2 fully saturated rings. The van der Waals surface area contributed by atoms with Gasteiger partial charge in [-0.1, -0.05) is 0 Å². The number of aromatic nitrogens is 4. The fourth-order valence-corrected chi connectivity index (χ4v) is 6.61. The number of fused-ring (bicyclic) bond motifs is 2. The number of anilines is 2. The zero-order valence-corrected chi connectivity index (χ0v) is 24.1. The number of aryl methyl sites for hydroxylation is 1. The van der Waals surface area contributed by atoms with Crippen LogP contribution >= 0.6 is 0 Å². The Balaban J connectivity index is 1.39. The van der Waals surface area contributed by atoms with Crippen molar-refractivity contribution in [1.29, 1.82) is 0 Å². The number of nitrogens with zero attached hydrogens (tertiary/aromatic N) is 6. The van der Waals surface area contributed by atoms with Crippen LogP contribution < -0.4 is 14.5 Å². The van der Waals surface area contributed by atoms with Gasteiger partial charge in [0.05, 0.1) is 47.4 Å². The Labute approximate surface area is 237 Å². The SMILES string of the molecule is Cc1cc2[nH]ncc2c(N2CCc3c(nc(OCC4(CN(C)C)CC4)nc3N3CCC[C@@](C)(O)C3)C2)c1C(F)(F)F. The van der Waals surface area contributed by atoms with Crippen molar-refractivity contribution in [3.63, 3.8) is 0 Å². The maximum absolute atomic E-state index is 14.4. The topological polar surface area (TPSA) is 93.6 Å². The number of hydrogen-bond acceptors (Lipinski definition) is 8. The molecular weight excluding hydrogens is 535 g/mol. The van der Waals surface area contributed by atoms with E-state index in [0.29, 0.717) is 49.1 Å². The van der Waals surface area contributed by atoms with Crippen LogP contribution in [0, 0.1) is 12.3 Å². The number of benzene rings is 1. The van der Waals surface area contributed by atoms with Gasteiger partial charge in [0, 0.05) is 42.5 Å². The Morgan fingerprint density at radius 3 is 2.61 bits per heavy atom. The number of halogens is 3. The fourth-order valence-electron chi connectivity index (χ4n) is 6.61. The third-order valence-corrected chi connectivity index (χ3v) is 8.63. The lowest BCUT2D eigenvalue weighted by molar-refractivity contribution is -0.137.